The first kappa shape index (κ1) is 18.2. The number of unbranched alkanes of at least 4 members (excludes halogenated alkanes) is 2. The van der Waals surface area contributed by atoms with Crippen molar-refractivity contribution in [3.05, 3.63) is 29.3 Å². The summed E-state index contributed by atoms with van der Waals surface area (Å²) in [6, 6.07) is 6.64. The van der Waals surface area contributed by atoms with Crippen LogP contribution in [0.3, 0.4) is 0 Å². The van der Waals surface area contributed by atoms with Crippen molar-refractivity contribution < 1.29 is 13.2 Å². The average Bonchev–Trinajstić information content (AvgIpc) is 2.40. The molecule has 0 fully saturated rings. The molecule has 1 radical (unpaired) electrons. The Balaban J connectivity index is 2.53. The molecule has 0 bridgehead atoms. The summed E-state index contributed by atoms with van der Waals surface area (Å²) in [6.45, 7) is 1.83. The number of hydrogen-bond acceptors (Lipinski definition) is 3. The van der Waals surface area contributed by atoms with Crippen molar-refractivity contribution in [2.24, 2.45) is 0 Å². The molecule has 1 aromatic rings. The van der Waals surface area contributed by atoms with Crippen molar-refractivity contribution in [2.45, 2.75) is 43.7 Å². The van der Waals surface area contributed by atoms with Gasteiger partial charge in [-0.2, -0.15) is 18.4 Å². The van der Waals surface area contributed by atoms with Gasteiger partial charge in [-0.05, 0) is 55.1 Å². The molecule has 0 saturated heterocycles. The number of thiocyanates is 1. The van der Waals surface area contributed by atoms with Gasteiger partial charge in [-0.15, -0.1) is 11.8 Å². The molecule has 0 aliphatic heterocycles. The summed E-state index contributed by atoms with van der Waals surface area (Å²) in [5.41, 5.74) is 1.75. The molecule has 0 atom stereocenters. The van der Waals surface area contributed by atoms with E-state index in [2.05, 4.69) is 6.07 Å². The molecule has 0 spiro atoms. The van der Waals surface area contributed by atoms with E-state index in [1.165, 1.54) is 11.8 Å². The lowest BCUT2D eigenvalue weighted by molar-refractivity contribution is -0.105. The fraction of sp³-hybridized carbons (Fsp3) is 0.533. The molecule has 1 aromatic carbocycles. The van der Waals surface area contributed by atoms with Crippen molar-refractivity contribution in [3.63, 3.8) is 0 Å². The second-order valence-corrected chi connectivity index (χ2v) is 6.49. The number of benzene rings is 1. The van der Waals surface area contributed by atoms with Gasteiger partial charge in [0, 0.05) is 10.6 Å². The Bertz CT molecular complexity index is 481. The highest BCUT2D eigenvalue weighted by molar-refractivity contribution is 8.03. The molecule has 1 rings (SSSR count). The van der Waals surface area contributed by atoms with Gasteiger partial charge in [0.05, 0.1) is 5.75 Å². The molecule has 21 heavy (non-hydrogen) atoms. The van der Waals surface area contributed by atoms with Crippen LogP contribution in [-0.4, -0.2) is 17.7 Å². The van der Waals surface area contributed by atoms with E-state index in [0.29, 0.717) is 4.90 Å². The fourth-order valence-corrected chi connectivity index (χ4v) is 3.26. The Morgan fingerprint density at radius 2 is 2.05 bits per heavy atom. The number of halogens is 3. The summed E-state index contributed by atoms with van der Waals surface area (Å²) in [4.78, 5) is 0.709. The predicted molar refractivity (Wildman–Crippen MR) is 82.4 cm³/mol. The van der Waals surface area contributed by atoms with E-state index in [-0.39, 0.29) is 0 Å². The Labute approximate surface area is 132 Å². The molecule has 0 unspecified atom stereocenters. The van der Waals surface area contributed by atoms with Crippen LogP contribution in [0.15, 0.2) is 17.0 Å². The average molecular weight is 332 g/mol. The van der Waals surface area contributed by atoms with Crippen LogP contribution in [0.5, 0.6) is 0 Å². The minimum Gasteiger partial charge on any atom is -0.185 e. The highest BCUT2D eigenvalue weighted by atomic mass is 32.2. The van der Waals surface area contributed by atoms with Gasteiger partial charge in [0.1, 0.15) is 5.40 Å². The molecule has 115 valence electrons. The van der Waals surface area contributed by atoms with Gasteiger partial charge in [-0.1, -0.05) is 18.6 Å². The molecule has 0 aliphatic carbocycles. The summed E-state index contributed by atoms with van der Waals surface area (Å²) in [5, 5.41) is 10.4. The van der Waals surface area contributed by atoms with E-state index in [1.807, 2.05) is 12.3 Å². The van der Waals surface area contributed by atoms with Crippen molar-refractivity contribution in [1.82, 2.24) is 0 Å². The fourth-order valence-electron chi connectivity index (χ4n) is 1.89. The minimum atomic E-state index is -4.15. The van der Waals surface area contributed by atoms with Crippen molar-refractivity contribution in [2.75, 3.05) is 11.5 Å². The Kier molecular flexibility index (Phi) is 8.05. The van der Waals surface area contributed by atoms with Crippen molar-refractivity contribution in [3.8, 4) is 5.40 Å². The first-order chi connectivity index (χ1) is 9.94. The summed E-state index contributed by atoms with van der Waals surface area (Å²) >= 11 is 2.09. The molecular formula is C15H17F3NS2. The zero-order valence-electron chi connectivity index (χ0n) is 11.8. The highest BCUT2D eigenvalue weighted by Gasteiger charge is 2.28. The SMILES string of the molecule is Cc1cc[c]c(CCCCCSC#N)c1SCC(F)(F)F. The lowest BCUT2D eigenvalue weighted by Crippen LogP contribution is -2.11. The smallest absolute Gasteiger partial charge is 0.185 e. The molecule has 0 saturated carbocycles. The van der Waals surface area contributed by atoms with Crippen LogP contribution in [-0.2, 0) is 6.42 Å². The zero-order chi connectivity index (χ0) is 15.7. The second kappa shape index (κ2) is 9.26. The molecule has 0 amide bonds. The zero-order valence-corrected chi connectivity index (χ0v) is 13.4. The van der Waals surface area contributed by atoms with E-state index in [1.54, 1.807) is 12.1 Å². The van der Waals surface area contributed by atoms with Gasteiger partial charge in [0.25, 0.3) is 0 Å². The molecule has 0 aliphatic rings. The number of alkyl halides is 3. The van der Waals surface area contributed by atoms with Gasteiger partial charge in [0.15, 0.2) is 0 Å². The highest BCUT2D eigenvalue weighted by Crippen LogP contribution is 2.32. The van der Waals surface area contributed by atoms with E-state index >= 15 is 0 Å². The van der Waals surface area contributed by atoms with Crippen LogP contribution in [0.1, 0.15) is 30.4 Å². The molecule has 0 aromatic heterocycles. The minimum absolute atomic E-state index is 0.709. The first-order valence-electron chi connectivity index (χ1n) is 6.64. The lowest BCUT2D eigenvalue weighted by Gasteiger charge is -2.13. The molecule has 1 nitrogen and oxygen atoms in total. The first-order valence-corrected chi connectivity index (χ1v) is 8.62. The van der Waals surface area contributed by atoms with Gasteiger partial charge >= 0.3 is 6.18 Å². The number of thioether (sulfide) groups is 2. The number of nitriles is 1. The second-order valence-electron chi connectivity index (χ2n) is 4.62. The maximum atomic E-state index is 12.4. The van der Waals surface area contributed by atoms with Crippen LogP contribution in [0, 0.1) is 23.7 Å². The normalized spacial score (nSPS) is 11.4. The van der Waals surface area contributed by atoms with Crippen LogP contribution < -0.4 is 0 Å². The number of rotatable bonds is 8. The third-order valence-corrected chi connectivity index (χ3v) is 4.79. The summed E-state index contributed by atoms with van der Waals surface area (Å²) in [5.74, 6) is -0.0543. The predicted octanol–water partition coefficient (Wildman–Crippen LogP) is 5.38. The molecular weight excluding hydrogens is 315 g/mol. The van der Waals surface area contributed by atoms with Crippen LogP contribution in [0.4, 0.5) is 13.2 Å². The van der Waals surface area contributed by atoms with Gasteiger partial charge in [0.2, 0.25) is 0 Å². The summed E-state index contributed by atoms with van der Waals surface area (Å²) < 4.78 is 37.1. The Hall–Kier alpha value is -0.800. The Morgan fingerprint density at radius 3 is 2.71 bits per heavy atom. The standard InChI is InChI=1S/C15H17F3NS2/c1-12-6-5-8-13(7-3-2-4-9-20-11-19)14(12)21-10-15(16,17)18/h5-6H,2-4,7,9-10H2,1H3. The third-order valence-electron chi connectivity index (χ3n) is 2.84. The topological polar surface area (TPSA) is 23.8 Å². The number of nitrogens with zero attached hydrogens (tertiary/aromatic N) is 1. The summed E-state index contributed by atoms with van der Waals surface area (Å²) in [7, 11) is 0. The number of hydrogen-bond donors (Lipinski definition) is 0. The Morgan fingerprint density at radius 1 is 1.29 bits per heavy atom. The lowest BCUT2D eigenvalue weighted by atomic mass is 10.0. The van der Waals surface area contributed by atoms with Gasteiger partial charge in [-0.25, -0.2) is 0 Å². The molecule has 0 N–H and O–H groups in total. The van der Waals surface area contributed by atoms with E-state index in [0.717, 1.165) is 54.3 Å². The molecule has 0 heterocycles. The van der Waals surface area contributed by atoms with E-state index in [9.17, 15) is 13.2 Å². The van der Waals surface area contributed by atoms with Crippen LogP contribution in [0.25, 0.3) is 0 Å². The van der Waals surface area contributed by atoms with Gasteiger partial charge < -0.3 is 0 Å². The summed E-state index contributed by atoms with van der Waals surface area (Å²) in [6.07, 6.45) is -0.585. The number of aryl methyl sites for hydroxylation is 2. The molecule has 6 heteroatoms. The van der Waals surface area contributed by atoms with Crippen LogP contribution in [0.2, 0.25) is 0 Å². The maximum absolute atomic E-state index is 12.4. The van der Waals surface area contributed by atoms with Crippen LogP contribution >= 0.6 is 23.5 Å². The van der Waals surface area contributed by atoms with Crippen molar-refractivity contribution in [1.29, 1.82) is 5.26 Å². The largest absolute Gasteiger partial charge is 0.398 e. The third kappa shape index (κ3) is 7.68. The maximum Gasteiger partial charge on any atom is 0.398 e. The quantitative estimate of drug-likeness (QED) is 0.363. The van der Waals surface area contributed by atoms with E-state index in [4.69, 9.17) is 5.26 Å². The van der Waals surface area contributed by atoms with Gasteiger partial charge in [-0.3, -0.25) is 0 Å². The van der Waals surface area contributed by atoms with E-state index < -0.39 is 11.9 Å². The monoisotopic (exact) mass is 332 g/mol. The van der Waals surface area contributed by atoms with Crippen molar-refractivity contribution >= 4 is 23.5 Å².